The molecule has 45 heavy (non-hydrogen) atoms. The summed E-state index contributed by atoms with van der Waals surface area (Å²) >= 11 is 0. The standard InChI is InChI=1S/C34H36F2N2O6.Na.H/c1-20(2)38-29(16-15-26(39)18-27(40)19-30(41)42)31(21-7-11-23(35)12-8-21)32(22-9-13-24(36)14-10-22)33(38)34(43)37-25-5-4-6-28(17-25)44-3;;/h4-14,17,20,26-27,39-40H,15-16,18-19H2,1-3H3,(H,37,43)(H,41,42);;/t26-,27-;;/m1../s1. The van der Waals surface area contributed by atoms with Crippen LogP contribution in [0.25, 0.3) is 22.3 Å². The van der Waals surface area contributed by atoms with Gasteiger partial charge in [0.25, 0.3) is 5.91 Å². The van der Waals surface area contributed by atoms with Crippen molar-refractivity contribution in [2.24, 2.45) is 0 Å². The van der Waals surface area contributed by atoms with Crippen LogP contribution in [0.1, 0.15) is 55.3 Å². The van der Waals surface area contributed by atoms with Crippen molar-refractivity contribution in [3.05, 3.63) is 95.8 Å². The zero-order chi connectivity index (χ0) is 32.0. The molecular formula is C34H37F2N2NaO6. The summed E-state index contributed by atoms with van der Waals surface area (Å²) in [6, 6.07) is 18.2. The van der Waals surface area contributed by atoms with Crippen LogP contribution in [0.15, 0.2) is 72.8 Å². The predicted molar refractivity (Wildman–Crippen MR) is 171 cm³/mol. The fraction of sp³-hybridized carbons (Fsp3) is 0.294. The van der Waals surface area contributed by atoms with Crippen molar-refractivity contribution in [1.82, 2.24) is 4.57 Å². The number of anilines is 1. The molecule has 1 heterocycles. The fourth-order valence-corrected chi connectivity index (χ4v) is 5.41. The molecule has 0 aliphatic heterocycles. The molecule has 4 rings (SSSR count). The summed E-state index contributed by atoms with van der Waals surface area (Å²) in [5, 5.41) is 32.8. The van der Waals surface area contributed by atoms with E-state index >= 15 is 0 Å². The number of benzene rings is 3. The molecule has 0 radical (unpaired) electrons. The number of carbonyl (C=O) groups excluding carboxylic acids is 1. The van der Waals surface area contributed by atoms with Gasteiger partial charge in [-0.1, -0.05) is 30.3 Å². The Bertz CT molecular complexity index is 1610. The molecule has 11 heteroatoms. The molecule has 0 saturated heterocycles. The Labute approximate surface area is 283 Å². The maximum atomic E-state index is 14.2. The number of hydrogen-bond acceptors (Lipinski definition) is 5. The molecule has 0 aliphatic carbocycles. The van der Waals surface area contributed by atoms with Crippen LogP contribution in [-0.2, 0) is 11.2 Å². The van der Waals surface area contributed by atoms with Crippen LogP contribution in [0.2, 0.25) is 0 Å². The second-order valence-corrected chi connectivity index (χ2v) is 10.9. The first-order chi connectivity index (χ1) is 21.0. The van der Waals surface area contributed by atoms with Gasteiger partial charge in [0.05, 0.1) is 25.7 Å². The zero-order valence-electron chi connectivity index (χ0n) is 24.8. The van der Waals surface area contributed by atoms with E-state index < -0.39 is 42.1 Å². The first kappa shape index (κ1) is 35.9. The van der Waals surface area contributed by atoms with E-state index in [0.29, 0.717) is 39.4 Å². The average molecular weight is 631 g/mol. The maximum absolute atomic E-state index is 14.2. The average Bonchev–Trinajstić information content (AvgIpc) is 3.32. The van der Waals surface area contributed by atoms with E-state index in [-0.39, 0.29) is 60.6 Å². The van der Waals surface area contributed by atoms with E-state index in [4.69, 9.17) is 9.84 Å². The summed E-state index contributed by atoms with van der Waals surface area (Å²) < 4.78 is 35.3. The summed E-state index contributed by atoms with van der Waals surface area (Å²) in [5.74, 6) is -1.97. The van der Waals surface area contributed by atoms with Gasteiger partial charge in [-0.2, -0.15) is 0 Å². The molecule has 8 nitrogen and oxygen atoms in total. The van der Waals surface area contributed by atoms with Crippen LogP contribution in [0, 0.1) is 11.6 Å². The molecule has 4 aromatic rings. The first-order valence-electron chi connectivity index (χ1n) is 14.3. The molecule has 234 valence electrons. The van der Waals surface area contributed by atoms with E-state index in [0.717, 1.165) is 0 Å². The second kappa shape index (κ2) is 16.1. The third-order valence-corrected chi connectivity index (χ3v) is 7.30. The molecule has 1 amide bonds. The van der Waals surface area contributed by atoms with Crippen LogP contribution >= 0.6 is 0 Å². The number of aliphatic hydroxyl groups is 2. The summed E-state index contributed by atoms with van der Waals surface area (Å²) in [5.41, 5.74) is 3.71. The number of amides is 1. The molecular weight excluding hydrogens is 593 g/mol. The van der Waals surface area contributed by atoms with Gasteiger partial charge in [0, 0.05) is 34.6 Å². The Morgan fingerprint density at radius 3 is 2.00 bits per heavy atom. The molecule has 0 bridgehead atoms. The summed E-state index contributed by atoms with van der Waals surface area (Å²) in [6.07, 6.45) is -2.54. The van der Waals surface area contributed by atoms with Crippen LogP contribution in [0.4, 0.5) is 14.5 Å². The Hall–Kier alpha value is -3.54. The minimum absolute atomic E-state index is 0. The monoisotopic (exact) mass is 630 g/mol. The molecule has 0 spiro atoms. The van der Waals surface area contributed by atoms with E-state index in [1.54, 1.807) is 48.5 Å². The van der Waals surface area contributed by atoms with E-state index in [1.165, 1.54) is 31.4 Å². The normalized spacial score (nSPS) is 12.4. The topological polar surface area (TPSA) is 121 Å². The third kappa shape index (κ3) is 9.02. The molecule has 1 aromatic heterocycles. The number of methoxy groups -OCH3 is 1. The van der Waals surface area contributed by atoms with Crippen molar-refractivity contribution in [2.45, 2.75) is 57.8 Å². The number of aliphatic carboxylic acids is 1. The van der Waals surface area contributed by atoms with Crippen molar-refractivity contribution < 1.29 is 38.4 Å². The number of nitrogens with zero attached hydrogens (tertiary/aromatic N) is 1. The fourth-order valence-electron chi connectivity index (χ4n) is 5.41. The van der Waals surface area contributed by atoms with E-state index in [2.05, 4.69) is 5.32 Å². The third-order valence-electron chi connectivity index (χ3n) is 7.30. The molecule has 2 atom stereocenters. The summed E-state index contributed by atoms with van der Waals surface area (Å²) in [4.78, 5) is 25.2. The number of aliphatic hydroxyl groups excluding tert-OH is 2. The quantitative estimate of drug-likeness (QED) is 0.138. The minimum atomic E-state index is -1.23. The van der Waals surface area contributed by atoms with Crippen molar-refractivity contribution in [1.29, 1.82) is 0 Å². The number of hydrogen-bond donors (Lipinski definition) is 4. The van der Waals surface area contributed by atoms with E-state index in [1.807, 2.05) is 18.4 Å². The Balaban J connectivity index is 0.00000552. The first-order valence-corrected chi connectivity index (χ1v) is 14.3. The second-order valence-electron chi connectivity index (χ2n) is 10.9. The van der Waals surface area contributed by atoms with Gasteiger partial charge in [-0.25, -0.2) is 8.78 Å². The van der Waals surface area contributed by atoms with Crippen molar-refractivity contribution >= 4 is 47.1 Å². The predicted octanol–water partition coefficient (Wildman–Crippen LogP) is 5.81. The number of aromatic nitrogens is 1. The van der Waals surface area contributed by atoms with Crippen LogP contribution in [0.3, 0.4) is 0 Å². The van der Waals surface area contributed by atoms with Crippen LogP contribution in [0.5, 0.6) is 5.75 Å². The molecule has 0 unspecified atom stereocenters. The number of ether oxygens (including phenoxy) is 1. The van der Waals surface area contributed by atoms with Gasteiger partial charge in [-0.3, -0.25) is 9.59 Å². The van der Waals surface area contributed by atoms with Gasteiger partial charge in [-0.05, 0) is 80.6 Å². The number of carbonyl (C=O) groups is 2. The van der Waals surface area contributed by atoms with Crippen molar-refractivity contribution in [2.75, 3.05) is 12.4 Å². The number of nitrogens with one attached hydrogen (secondary N) is 1. The number of carboxylic acids is 1. The molecule has 0 saturated carbocycles. The molecule has 4 N–H and O–H groups in total. The summed E-state index contributed by atoms with van der Waals surface area (Å²) in [7, 11) is 1.52. The Morgan fingerprint density at radius 1 is 0.889 bits per heavy atom. The van der Waals surface area contributed by atoms with E-state index in [9.17, 15) is 28.6 Å². The Morgan fingerprint density at radius 2 is 1.47 bits per heavy atom. The van der Waals surface area contributed by atoms with Gasteiger partial charge in [0.15, 0.2) is 0 Å². The molecule has 0 aliphatic rings. The number of carboxylic acid groups (broad SMARTS) is 1. The van der Waals surface area contributed by atoms with Gasteiger partial charge < -0.3 is 29.9 Å². The van der Waals surface area contributed by atoms with Gasteiger partial charge in [0.1, 0.15) is 23.1 Å². The molecule has 3 aromatic carbocycles. The van der Waals surface area contributed by atoms with Gasteiger partial charge in [-0.15, -0.1) is 0 Å². The van der Waals surface area contributed by atoms with Crippen LogP contribution in [-0.4, -0.2) is 80.6 Å². The number of rotatable bonds is 13. The van der Waals surface area contributed by atoms with Gasteiger partial charge in [0.2, 0.25) is 0 Å². The SMILES string of the molecule is COc1cccc(NC(=O)c2c(-c3ccc(F)cc3)c(-c3ccc(F)cc3)c(CC[C@@H](O)C[C@@H](O)CC(=O)O)n2C(C)C)c1.[NaH]. The van der Waals surface area contributed by atoms with Gasteiger partial charge >= 0.3 is 35.5 Å². The zero-order valence-corrected chi connectivity index (χ0v) is 24.8. The van der Waals surface area contributed by atoms with Crippen molar-refractivity contribution in [3.63, 3.8) is 0 Å². The Kier molecular flexibility index (Phi) is 12.9. The molecule has 0 fully saturated rings. The van der Waals surface area contributed by atoms with Crippen molar-refractivity contribution in [3.8, 4) is 28.0 Å². The number of halogens is 2. The summed E-state index contributed by atoms with van der Waals surface area (Å²) in [6.45, 7) is 3.81. The van der Waals surface area contributed by atoms with Crippen LogP contribution < -0.4 is 10.1 Å².